The van der Waals surface area contributed by atoms with Gasteiger partial charge in [-0.05, 0) is 24.0 Å². The van der Waals surface area contributed by atoms with Crippen molar-refractivity contribution in [2.24, 2.45) is 7.05 Å². The highest BCUT2D eigenvalue weighted by Gasteiger charge is 2.32. The van der Waals surface area contributed by atoms with E-state index < -0.39 is 11.7 Å². The van der Waals surface area contributed by atoms with Crippen molar-refractivity contribution in [1.29, 1.82) is 0 Å². The Morgan fingerprint density at radius 2 is 1.85 bits per heavy atom. The summed E-state index contributed by atoms with van der Waals surface area (Å²) < 4.78 is 40.7. The summed E-state index contributed by atoms with van der Waals surface area (Å²) in [5, 5.41) is 1.01. The van der Waals surface area contributed by atoms with Crippen LogP contribution in [0.2, 0.25) is 0 Å². The Labute approximate surface area is 157 Å². The van der Waals surface area contributed by atoms with Gasteiger partial charge in [0, 0.05) is 23.5 Å². The number of benzene rings is 1. The number of halogens is 3. The van der Waals surface area contributed by atoms with E-state index in [0.29, 0.717) is 17.2 Å². The zero-order chi connectivity index (χ0) is 19.2. The molecule has 0 bridgehead atoms. The van der Waals surface area contributed by atoms with Gasteiger partial charge in [-0.2, -0.15) is 13.2 Å². The molecule has 0 radical (unpaired) electrons. The maximum atomic E-state index is 13.0. The number of rotatable bonds is 3. The Hall–Kier alpha value is -2.61. The second-order valence-electron chi connectivity index (χ2n) is 6.02. The molecule has 1 aromatic carbocycles. The van der Waals surface area contributed by atoms with Crippen molar-refractivity contribution in [3.05, 3.63) is 48.2 Å². The molecular formula is C19H15F3N4S. The largest absolute Gasteiger partial charge is 0.417 e. The molecule has 4 nitrogen and oxygen atoms in total. The molecule has 0 atom stereocenters. The maximum absolute atomic E-state index is 13.0. The number of imidazole rings is 1. The van der Waals surface area contributed by atoms with Crippen molar-refractivity contribution in [2.45, 2.75) is 18.0 Å². The quantitative estimate of drug-likeness (QED) is 0.446. The van der Waals surface area contributed by atoms with Gasteiger partial charge in [0.25, 0.3) is 0 Å². The minimum absolute atomic E-state index is 0.199. The number of para-hydroxylation sites is 1. The minimum atomic E-state index is -4.46. The first-order chi connectivity index (χ1) is 12.9. The first-order valence-corrected chi connectivity index (χ1v) is 9.29. The number of fused-ring (bicyclic) bond motifs is 2. The second-order valence-corrected chi connectivity index (χ2v) is 7.33. The summed E-state index contributed by atoms with van der Waals surface area (Å²) in [6, 6.07) is 10.8. The predicted octanol–water partition coefficient (Wildman–Crippen LogP) is 5.31. The Bertz CT molecular complexity index is 1150. The van der Waals surface area contributed by atoms with Gasteiger partial charge in [-0.15, -0.1) is 11.8 Å². The third-order valence-corrected chi connectivity index (χ3v) is 5.15. The molecule has 8 heteroatoms. The fourth-order valence-corrected chi connectivity index (χ4v) is 3.76. The van der Waals surface area contributed by atoms with Crippen molar-refractivity contribution < 1.29 is 13.2 Å². The van der Waals surface area contributed by atoms with Crippen LogP contribution in [0.1, 0.15) is 12.5 Å². The van der Waals surface area contributed by atoms with E-state index in [1.165, 1.54) is 0 Å². The number of nitrogens with zero attached hydrogens (tertiary/aromatic N) is 4. The third-order valence-electron chi connectivity index (χ3n) is 4.24. The molecule has 0 fully saturated rings. The molecule has 0 aliphatic rings. The molecule has 3 heterocycles. The normalized spacial score (nSPS) is 12.2. The van der Waals surface area contributed by atoms with Crippen LogP contribution in [0.3, 0.4) is 0 Å². The summed E-state index contributed by atoms with van der Waals surface area (Å²) in [5.74, 6) is 1.34. The van der Waals surface area contributed by atoms with E-state index in [4.69, 9.17) is 4.98 Å². The maximum Gasteiger partial charge on any atom is 0.417 e. The van der Waals surface area contributed by atoms with Crippen LogP contribution in [-0.4, -0.2) is 25.3 Å². The van der Waals surface area contributed by atoms with Crippen molar-refractivity contribution in [1.82, 2.24) is 19.5 Å². The minimum Gasteiger partial charge on any atom is -0.310 e. The van der Waals surface area contributed by atoms with Gasteiger partial charge in [0.15, 0.2) is 11.5 Å². The van der Waals surface area contributed by atoms with Crippen LogP contribution in [0, 0.1) is 0 Å². The Kier molecular flexibility index (Phi) is 4.30. The summed E-state index contributed by atoms with van der Waals surface area (Å²) in [6.07, 6.45) is -3.62. The zero-order valence-electron chi connectivity index (χ0n) is 14.6. The highest BCUT2D eigenvalue weighted by molar-refractivity contribution is 7.99. The number of thioether (sulfide) groups is 1. The SMILES string of the molecule is CCSc1cc2ccccc2nc1-c1nc2cc(C(F)(F)F)cnc2n1C. The van der Waals surface area contributed by atoms with E-state index in [2.05, 4.69) is 9.97 Å². The highest BCUT2D eigenvalue weighted by Crippen LogP contribution is 2.35. The molecule has 0 unspecified atom stereocenters. The van der Waals surface area contributed by atoms with Crippen LogP contribution < -0.4 is 0 Å². The number of alkyl halides is 3. The Balaban J connectivity index is 1.95. The topological polar surface area (TPSA) is 43.6 Å². The lowest BCUT2D eigenvalue weighted by molar-refractivity contribution is -0.137. The van der Waals surface area contributed by atoms with Gasteiger partial charge in [-0.3, -0.25) is 0 Å². The summed E-state index contributed by atoms with van der Waals surface area (Å²) in [6.45, 7) is 2.04. The number of pyridine rings is 2. The van der Waals surface area contributed by atoms with Gasteiger partial charge >= 0.3 is 6.18 Å². The van der Waals surface area contributed by atoms with Crippen LogP contribution in [0.5, 0.6) is 0 Å². The number of hydrogen-bond acceptors (Lipinski definition) is 4. The lowest BCUT2D eigenvalue weighted by Gasteiger charge is -2.09. The van der Waals surface area contributed by atoms with Crippen molar-refractivity contribution in [2.75, 3.05) is 5.75 Å². The molecular weight excluding hydrogens is 373 g/mol. The Morgan fingerprint density at radius 1 is 1.07 bits per heavy atom. The van der Waals surface area contributed by atoms with Gasteiger partial charge in [0.2, 0.25) is 0 Å². The first kappa shape index (κ1) is 17.8. The molecule has 0 saturated carbocycles. The molecule has 0 spiro atoms. The van der Waals surface area contributed by atoms with E-state index in [0.717, 1.165) is 33.8 Å². The fraction of sp³-hybridized carbons (Fsp3) is 0.211. The number of aromatic nitrogens is 4. The zero-order valence-corrected chi connectivity index (χ0v) is 15.4. The molecule has 0 aliphatic carbocycles. The van der Waals surface area contributed by atoms with Gasteiger partial charge in [0.1, 0.15) is 11.2 Å². The number of hydrogen-bond donors (Lipinski definition) is 0. The van der Waals surface area contributed by atoms with Crippen molar-refractivity contribution >= 4 is 33.8 Å². The molecule has 0 aliphatic heterocycles. The third kappa shape index (κ3) is 3.14. The lowest BCUT2D eigenvalue weighted by atomic mass is 10.2. The van der Waals surface area contributed by atoms with Gasteiger partial charge < -0.3 is 4.57 Å². The van der Waals surface area contributed by atoms with Crippen LogP contribution in [0.15, 0.2) is 47.5 Å². The molecule has 4 rings (SSSR count). The van der Waals surface area contributed by atoms with E-state index in [-0.39, 0.29) is 5.52 Å². The van der Waals surface area contributed by atoms with Crippen LogP contribution >= 0.6 is 11.8 Å². The molecule has 138 valence electrons. The van der Waals surface area contributed by atoms with Gasteiger partial charge in [-0.25, -0.2) is 15.0 Å². The lowest BCUT2D eigenvalue weighted by Crippen LogP contribution is -2.05. The van der Waals surface area contributed by atoms with Crippen molar-refractivity contribution in [3.63, 3.8) is 0 Å². The Morgan fingerprint density at radius 3 is 2.59 bits per heavy atom. The highest BCUT2D eigenvalue weighted by atomic mass is 32.2. The first-order valence-electron chi connectivity index (χ1n) is 8.31. The second kappa shape index (κ2) is 6.53. The standard InChI is InChI=1S/C19H15F3N4S/c1-3-27-15-8-11-6-4-5-7-13(11)24-16(15)18-25-14-9-12(19(20,21)22)10-23-17(14)26(18)2/h4-10H,3H2,1-2H3. The predicted molar refractivity (Wildman–Crippen MR) is 101 cm³/mol. The fourth-order valence-electron chi connectivity index (χ4n) is 2.97. The summed E-state index contributed by atoms with van der Waals surface area (Å²) in [5.41, 5.74) is 1.23. The average Bonchev–Trinajstić information content (AvgIpc) is 2.97. The summed E-state index contributed by atoms with van der Waals surface area (Å²) in [7, 11) is 1.74. The monoisotopic (exact) mass is 388 g/mol. The number of aryl methyl sites for hydroxylation is 1. The van der Waals surface area contributed by atoms with Gasteiger partial charge in [-0.1, -0.05) is 25.1 Å². The molecule has 3 aromatic heterocycles. The summed E-state index contributed by atoms with van der Waals surface area (Å²) >= 11 is 1.62. The van der Waals surface area contributed by atoms with Crippen LogP contribution in [0.4, 0.5) is 13.2 Å². The van der Waals surface area contributed by atoms with Crippen molar-refractivity contribution in [3.8, 4) is 11.5 Å². The molecule has 4 aromatic rings. The smallest absolute Gasteiger partial charge is 0.310 e. The van der Waals surface area contributed by atoms with Crippen LogP contribution in [0.25, 0.3) is 33.6 Å². The van der Waals surface area contributed by atoms with E-state index in [1.54, 1.807) is 23.4 Å². The van der Waals surface area contributed by atoms with Crippen LogP contribution in [-0.2, 0) is 13.2 Å². The summed E-state index contributed by atoms with van der Waals surface area (Å²) in [4.78, 5) is 14.1. The molecule has 27 heavy (non-hydrogen) atoms. The van der Waals surface area contributed by atoms with E-state index in [9.17, 15) is 13.2 Å². The average molecular weight is 388 g/mol. The van der Waals surface area contributed by atoms with E-state index in [1.807, 2.05) is 37.3 Å². The molecule has 0 saturated heterocycles. The van der Waals surface area contributed by atoms with E-state index >= 15 is 0 Å². The molecule has 0 amide bonds. The molecule has 0 N–H and O–H groups in total. The van der Waals surface area contributed by atoms with Gasteiger partial charge in [0.05, 0.1) is 11.1 Å².